The summed E-state index contributed by atoms with van der Waals surface area (Å²) >= 11 is 0. The predicted molar refractivity (Wildman–Crippen MR) is 78.1 cm³/mol. The number of aromatic nitrogens is 1. The average Bonchev–Trinajstić information content (AvgIpc) is 2.39. The predicted octanol–water partition coefficient (Wildman–Crippen LogP) is 3.00. The van der Waals surface area contributed by atoms with Gasteiger partial charge in [0, 0.05) is 11.4 Å². The minimum absolute atomic E-state index is 0.0419. The summed E-state index contributed by atoms with van der Waals surface area (Å²) in [6, 6.07) is 10.3. The van der Waals surface area contributed by atoms with Crippen molar-refractivity contribution in [2.45, 2.75) is 39.7 Å². The molecule has 0 saturated carbocycles. The molecule has 1 atom stereocenters. The van der Waals surface area contributed by atoms with Crippen molar-refractivity contribution >= 4 is 16.8 Å². The molecule has 1 amide bonds. The summed E-state index contributed by atoms with van der Waals surface area (Å²) in [5.74, 6) is 0.0419. The molecule has 1 aromatic carbocycles. The molecule has 3 heteroatoms. The van der Waals surface area contributed by atoms with E-state index in [0.717, 1.165) is 28.6 Å². The second-order valence-electron chi connectivity index (χ2n) is 5.00. The molecule has 0 spiro atoms. The topological polar surface area (TPSA) is 42.0 Å². The maximum absolute atomic E-state index is 11.9. The van der Waals surface area contributed by atoms with Gasteiger partial charge in [-0.25, -0.2) is 0 Å². The van der Waals surface area contributed by atoms with Crippen molar-refractivity contribution in [2.24, 2.45) is 0 Å². The number of hydrogen-bond donors (Lipinski definition) is 1. The summed E-state index contributed by atoms with van der Waals surface area (Å²) in [7, 11) is 0. The molecule has 1 heterocycles. The molecule has 0 saturated heterocycles. The molecular weight excluding hydrogens is 236 g/mol. The Morgan fingerprint density at radius 2 is 2.11 bits per heavy atom. The molecule has 0 aliphatic carbocycles. The molecule has 2 aromatic rings. The molecule has 1 unspecified atom stereocenters. The van der Waals surface area contributed by atoms with Crippen LogP contribution in [0.5, 0.6) is 0 Å². The Morgan fingerprint density at radius 3 is 2.84 bits per heavy atom. The highest BCUT2D eigenvalue weighted by Crippen LogP contribution is 2.16. The van der Waals surface area contributed by atoms with Gasteiger partial charge in [-0.05, 0) is 38.0 Å². The van der Waals surface area contributed by atoms with E-state index >= 15 is 0 Å². The second kappa shape index (κ2) is 5.83. The van der Waals surface area contributed by atoms with Gasteiger partial charge in [0.15, 0.2) is 0 Å². The third-order valence-corrected chi connectivity index (χ3v) is 3.37. The molecule has 0 radical (unpaired) electrons. The Kier molecular flexibility index (Phi) is 4.15. The van der Waals surface area contributed by atoms with Crippen molar-refractivity contribution in [1.82, 2.24) is 10.3 Å². The first-order chi connectivity index (χ1) is 9.10. The van der Waals surface area contributed by atoms with E-state index in [2.05, 4.69) is 23.3 Å². The van der Waals surface area contributed by atoms with E-state index in [1.54, 1.807) is 0 Å². The number of nitrogens with zero attached hydrogens (tertiary/aromatic N) is 1. The smallest absolute Gasteiger partial charge is 0.226 e. The minimum atomic E-state index is 0.0419. The Balaban J connectivity index is 2.20. The minimum Gasteiger partial charge on any atom is -0.353 e. The van der Waals surface area contributed by atoms with E-state index in [-0.39, 0.29) is 11.9 Å². The molecule has 0 bridgehead atoms. The largest absolute Gasteiger partial charge is 0.353 e. The van der Waals surface area contributed by atoms with Gasteiger partial charge in [-0.3, -0.25) is 9.78 Å². The molecule has 0 aliphatic heterocycles. The van der Waals surface area contributed by atoms with Crippen molar-refractivity contribution in [3.05, 3.63) is 41.6 Å². The zero-order valence-electron chi connectivity index (χ0n) is 11.7. The summed E-state index contributed by atoms with van der Waals surface area (Å²) < 4.78 is 0. The standard InChI is InChI=1S/C16H20N2O/c1-4-12(3)17-16(19)10-15-11(2)9-13-7-5-6-8-14(13)18-15/h5-9,12H,4,10H2,1-3H3,(H,17,19). The van der Waals surface area contributed by atoms with Crippen LogP contribution in [0.4, 0.5) is 0 Å². The first-order valence-corrected chi connectivity index (χ1v) is 6.74. The van der Waals surface area contributed by atoms with Crippen molar-refractivity contribution in [3.63, 3.8) is 0 Å². The van der Waals surface area contributed by atoms with E-state index in [4.69, 9.17) is 0 Å². The quantitative estimate of drug-likeness (QED) is 0.913. The Labute approximate surface area is 114 Å². The number of amides is 1. The summed E-state index contributed by atoms with van der Waals surface area (Å²) in [5.41, 5.74) is 2.87. The van der Waals surface area contributed by atoms with Gasteiger partial charge in [0.2, 0.25) is 5.91 Å². The number of carbonyl (C=O) groups is 1. The molecule has 1 N–H and O–H groups in total. The molecule has 19 heavy (non-hydrogen) atoms. The summed E-state index contributed by atoms with van der Waals surface area (Å²) in [5, 5.41) is 4.09. The van der Waals surface area contributed by atoms with Gasteiger partial charge < -0.3 is 5.32 Å². The van der Waals surface area contributed by atoms with Gasteiger partial charge in [0.05, 0.1) is 17.6 Å². The zero-order valence-corrected chi connectivity index (χ0v) is 11.7. The van der Waals surface area contributed by atoms with Gasteiger partial charge in [0.25, 0.3) is 0 Å². The SMILES string of the molecule is CCC(C)NC(=O)Cc1nc2ccccc2cc1C. The van der Waals surface area contributed by atoms with Crippen LogP contribution in [0.15, 0.2) is 30.3 Å². The lowest BCUT2D eigenvalue weighted by atomic mass is 10.1. The lowest BCUT2D eigenvalue weighted by Crippen LogP contribution is -2.33. The van der Waals surface area contributed by atoms with E-state index in [1.807, 2.05) is 38.1 Å². The number of pyridine rings is 1. The van der Waals surface area contributed by atoms with Crippen LogP contribution >= 0.6 is 0 Å². The van der Waals surface area contributed by atoms with Crippen LogP contribution in [-0.2, 0) is 11.2 Å². The highest BCUT2D eigenvalue weighted by molar-refractivity contribution is 5.82. The number of nitrogens with one attached hydrogen (secondary N) is 1. The lowest BCUT2D eigenvalue weighted by Gasteiger charge is -2.12. The molecule has 100 valence electrons. The number of benzene rings is 1. The van der Waals surface area contributed by atoms with E-state index in [9.17, 15) is 4.79 Å². The lowest BCUT2D eigenvalue weighted by molar-refractivity contribution is -0.121. The van der Waals surface area contributed by atoms with E-state index in [0.29, 0.717) is 6.42 Å². The average molecular weight is 256 g/mol. The van der Waals surface area contributed by atoms with Crippen molar-refractivity contribution in [1.29, 1.82) is 0 Å². The van der Waals surface area contributed by atoms with Crippen LogP contribution in [0.25, 0.3) is 10.9 Å². The van der Waals surface area contributed by atoms with Gasteiger partial charge >= 0.3 is 0 Å². The first kappa shape index (κ1) is 13.5. The van der Waals surface area contributed by atoms with Gasteiger partial charge in [-0.15, -0.1) is 0 Å². The molecule has 3 nitrogen and oxygen atoms in total. The summed E-state index contributed by atoms with van der Waals surface area (Å²) in [6.45, 7) is 6.08. The summed E-state index contributed by atoms with van der Waals surface area (Å²) in [4.78, 5) is 16.5. The van der Waals surface area contributed by atoms with Crippen LogP contribution in [0.2, 0.25) is 0 Å². The maximum atomic E-state index is 11.9. The highest BCUT2D eigenvalue weighted by atomic mass is 16.1. The van der Waals surface area contributed by atoms with Crippen LogP contribution < -0.4 is 5.32 Å². The second-order valence-corrected chi connectivity index (χ2v) is 5.00. The van der Waals surface area contributed by atoms with E-state index in [1.165, 1.54) is 0 Å². The van der Waals surface area contributed by atoms with Crippen molar-refractivity contribution in [3.8, 4) is 0 Å². The molecule has 2 rings (SSSR count). The fourth-order valence-corrected chi connectivity index (χ4v) is 2.02. The third kappa shape index (κ3) is 3.31. The number of para-hydroxylation sites is 1. The Morgan fingerprint density at radius 1 is 1.37 bits per heavy atom. The first-order valence-electron chi connectivity index (χ1n) is 6.74. The number of hydrogen-bond acceptors (Lipinski definition) is 2. The van der Waals surface area contributed by atoms with Crippen molar-refractivity contribution in [2.75, 3.05) is 0 Å². The Hall–Kier alpha value is -1.90. The monoisotopic (exact) mass is 256 g/mol. The molecule has 1 aromatic heterocycles. The maximum Gasteiger partial charge on any atom is 0.226 e. The van der Waals surface area contributed by atoms with Crippen LogP contribution in [-0.4, -0.2) is 16.9 Å². The zero-order chi connectivity index (χ0) is 13.8. The summed E-state index contributed by atoms with van der Waals surface area (Å²) in [6.07, 6.45) is 1.29. The van der Waals surface area contributed by atoms with E-state index < -0.39 is 0 Å². The third-order valence-electron chi connectivity index (χ3n) is 3.37. The van der Waals surface area contributed by atoms with Crippen LogP contribution in [0, 0.1) is 6.92 Å². The molecule has 0 fully saturated rings. The van der Waals surface area contributed by atoms with Crippen molar-refractivity contribution < 1.29 is 4.79 Å². The van der Waals surface area contributed by atoms with Crippen LogP contribution in [0.1, 0.15) is 31.5 Å². The fourth-order valence-electron chi connectivity index (χ4n) is 2.02. The van der Waals surface area contributed by atoms with Gasteiger partial charge in [-0.1, -0.05) is 25.1 Å². The van der Waals surface area contributed by atoms with Gasteiger partial charge in [0.1, 0.15) is 0 Å². The number of aryl methyl sites for hydroxylation is 1. The molecular formula is C16H20N2O. The Bertz CT molecular complexity index is 592. The van der Waals surface area contributed by atoms with Crippen LogP contribution in [0.3, 0.4) is 0 Å². The highest BCUT2D eigenvalue weighted by Gasteiger charge is 2.10. The number of rotatable bonds is 4. The fraction of sp³-hybridized carbons (Fsp3) is 0.375. The number of fused-ring (bicyclic) bond motifs is 1. The normalized spacial score (nSPS) is 12.4. The molecule has 0 aliphatic rings. The van der Waals surface area contributed by atoms with Gasteiger partial charge in [-0.2, -0.15) is 0 Å². The number of carbonyl (C=O) groups excluding carboxylic acids is 1.